The van der Waals surface area contributed by atoms with E-state index in [1.165, 1.54) is 17.5 Å². The van der Waals surface area contributed by atoms with Gasteiger partial charge in [0.25, 0.3) is 0 Å². The molecule has 1 atom stereocenters. The number of hydrogen-bond donors (Lipinski definition) is 0. The van der Waals surface area contributed by atoms with Crippen LogP contribution in [0, 0.1) is 0 Å². The second-order valence-electron chi connectivity index (χ2n) is 8.63. The van der Waals surface area contributed by atoms with E-state index in [-0.39, 0.29) is 6.10 Å². The molecule has 1 unspecified atom stereocenters. The molecule has 0 bridgehead atoms. The van der Waals surface area contributed by atoms with Crippen LogP contribution in [-0.4, -0.2) is 79.1 Å². The molecule has 3 aliphatic rings. The highest BCUT2D eigenvalue weighted by Gasteiger charge is 2.25. The molecule has 4 rings (SSSR count). The van der Waals surface area contributed by atoms with Gasteiger partial charge in [-0.15, -0.1) is 0 Å². The molecule has 6 nitrogen and oxygen atoms in total. The lowest BCUT2D eigenvalue weighted by Gasteiger charge is -2.36. The van der Waals surface area contributed by atoms with Gasteiger partial charge in [-0.05, 0) is 45.2 Å². The van der Waals surface area contributed by atoms with E-state index in [4.69, 9.17) is 9.47 Å². The van der Waals surface area contributed by atoms with Crippen LogP contribution >= 0.6 is 0 Å². The lowest BCUT2D eigenvalue weighted by Crippen LogP contribution is -2.50. The fraction of sp³-hybridized carbons (Fsp3) is 0.696. The van der Waals surface area contributed by atoms with Crippen molar-refractivity contribution >= 4 is 5.91 Å². The SMILES string of the molecule is CCOc1cc2c(cc1CN1CCN(CC(=O)N3CCCCC3)CC1)OC(C)C2. The van der Waals surface area contributed by atoms with E-state index >= 15 is 0 Å². The fourth-order valence-corrected chi connectivity index (χ4v) is 4.68. The van der Waals surface area contributed by atoms with E-state index in [1.54, 1.807) is 0 Å². The molecular weight excluding hydrogens is 366 g/mol. The third-order valence-corrected chi connectivity index (χ3v) is 6.31. The first-order valence-electron chi connectivity index (χ1n) is 11.3. The van der Waals surface area contributed by atoms with Crippen molar-refractivity contribution < 1.29 is 14.3 Å². The highest BCUT2D eigenvalue weighted by Crippen LogP contribution is 2.35. The molecule has 160 valence electrons. The van der Waals surface area contributed by atoms with E-state index in [1.807, 2.05) is 6.92 Å². The zero-order valence-corrected chi connectivity index (χ0v) is 18.0. The van der Waals surface area contributed by atoms with Crippen LogP contribution in [0.5, 0.6) is 11.5 Å². The molecule has 3 heterocycles. The highest BCUT2D eigenvalue weighted by molar-refractivity contribution is 5.78. The maximum atomic E-state index is 12.5. The number of ether oxygens (including phenoxy) is 2. The Morgan fingerprint density at radius 3 is 2.52 bits per heavy atom. The first-order chi connectivity index (χ1) is 14.1. The normalized spacial score (nSPS) is 23.0. The van der Waals surface area contributed by atoms with Crippen LogP contribution in [0.15, 0.2) is 12.1 Å². The molecule has 3 aliphatic heterocycles. The van der Waals surface area contributed by atoms with Gasteiger partial charge in [0.1, 0.15) is 17.6 Å². The average Bonchev–Trinajstić information content (AvgIpc) is 3.09. The molecule has 2 saturated heterocycles. The number of rotatable bonds is 6. The number of likely N-dealkylation sites (tertiary alicyclic amines) is 1. The minimum absolute atomic E-state index is 0.246. The number of piperidine rings is 1. The average molecular weight is 402 g/mol. The van der Waals surface area contributed by atoms with Gasteiger partial charge < -0.3 is 14.4 Å². The predicted octanol–water partition coefficient (Wildman–Crippen LogP) is 2.54. The van der Waals surface area contributed by atoms with E-state index in [0.29, 0.717) is 19.1 Å². The quantitative estimate of drug-likeness (QED) is 0.733. The fourth-order valence-electron chi connectivity index (χ4n) is 4.68. The maximum Gasteiger partial charge on any atom is 0.236 e. The Bertz CT molecular complexity index is 710. The molecule has 1 aromatic rings. The van der Waals surface area contributed by atoms with Crippen molar-refractivity contribution in [1.82, 2.24) is 14.7 Å². The molecule has 1 amide bonds. The molecule has 0 saturated carbocycles. The second-order valence-corrected chi connectivity index (χ2v) is 8.63. The molecule has 29 heavy (non-hydrogen) atoms. The summed E-state index contributed by atoms with van der Waals surface area (Å²) in [6, 6.07) is 4.35. The van der Waals surface area contributed by atoms with Crippen molar-refractivity contribution in [2.75, 3.05) is 52.4 Å². The largest absolute Gasteiger partial charge is 0.494 e. The van der Waals surface area contributed by atoms with Crippen molar-refractivity contribution in [3.8, 4) is 11.5 Å². The molecule has 0 radical (unpaired) electrons. The van der Waals surface area contributed by atoms with Crippen molar-refractivity contribution in [1.29, 1.82) is 0 Å². The first kappa shape index (κ1) is 20.5. The first-order valence-corrected chi connectivity index (χ1v) is 11.3. The number of amides is 1. The van der Waals surface area contributed by atoms with Crippen molar-refractivity contribution in [3.63, 3.8) is 0 Å². The predicted molar refractivity (Wildman–Crippen MR) is 114 cm³/mol. The van der Waals surface area contributed by atoms with E-state index < -0.39 is 0 Å². The number of benzene rings is 1. The van der Waals surface area contributed by atoms with Gasteiger partial charge in [-0.25, -0.2) is 0 Å². The topological polar surface area (TPSA) is 45.2 Å². The Balaban J connectivity index is 1.31. The van der Waals surface area contributed by atoms with Crippen LogP contribution in [0.25, 0.3) is 0 Å². The number of carbonyl (C=O) groups is 1. The molecule has 6 heteroatoms. The molecule has 0 N–H and O–H groups in total. The summed E-state index contributed by atoms with van der Waals surface area (Å²) < 4.78 is 11.9. The van der Waals surface area contributed by atoms with Crippen LogP contribution in [-0.2, 0) is 17.8 Å². The van der Waals surface area contributed by atoms with Crippen LogP contribution in [0.3, 0.4) is 0 Å². The summed E-state index contributed by atoms with van der Waals surface area (Å²) in [5, 5.41) is 0. The Labute approximate surface area is 174 Å². The zero-order valence-electron chi connectivity index (χ0n) is 18.0. The van der Waals surface area contributed by atoms with Gasteiger partial charge in [0, 0.05) is 63.4 Å². The lowest BCUT2D eigenvalue weighted by molar-refractivity contribution is -0.133. The van der Waals surface area contributed by atoms with E-state index in [0.717, 1.165) is 76.6 Å². The summed E-state index contributed by atoms with van der Waals surface area (Å²) in [4.78, 5) is 19.4. The summed E-state index contributed by atoms with van der Waals surface area (Å²) >= 11 is 0. The summed E-state index contributed by atoms with van der Waals surface area (Å²) in [6.07, 6.45) is 4.78. The van der Waals surface area contributed by atoms with E-state index in [2.05, 4.69) is 33.8 Å². The van der Waals surface area contributed by atoms with Gasteiger partial charge in [0.15, 0.2) is 0 Å². The Morgan fingerprint density at radius 1 is 1.07 bits per heavy atom. The standard InChI is InChI=1S/C23H35N3O3/c1-3-28-21-14-19-13-18(2)29-22(19)15-20(21)16-24-9-11-25(12-10-24)17-23(27)26-7-5-4-6-8-26/h14-15,18H,3-13,16-17H2,1-2H3. The Kier molecular flexibility index (Phi) is 6.60. The Morgan fingerprint density at radius 2 is 1.79 bits per heavy atom. The number of nitrogens with zero attached hydrogens (tertiary/aromatic N) is 3. The maximum absolute atomic E-state index is 12.5. The molecule has 1 aromatic carbocycles. The molecule has 0 spiro atoms. The van der Waals surface area contributed by atoms with Crippen LogP contribution in [0.4, 0.5) is 0 Å². The minimum Gasteiger partial charge on any atom is -0.494 e. The molecule has 2 fully saturated rings. The van der Waals surface area contributed by atoms with Gasteiger partial charge in [0.2, 0.25) is 5.91 Å². The third kappa shape index (κ3) is 5.04. The molecular formula is C23H35N3O3. The number of carbonyl (C=O) groups excluding carboxylic acids is 1. The molecule has 0 aromatic heterocycles. The van der Waals surface area contributed by atoms with Gasteiger partial charge in [-0.3, -0.25) is 14.6 Å². The van der Waals surface area contributed by atoms with Crippen LogP contribution in [0.1, 0.15) is 44.2 Å². The summed E-state index contributed by atoms with van der Waals surface area (Å²) in [6.45, 7) is 12.0. The summed E-state index contributed by atoms with van der Waals surface area (Å²) in [5.74, 6) is 2.31. The summed E-state index contributed by atoms with van der Waals surface area (Å²) in [5.41, 5.74) is 2.46. The van der Waals surface area contributed by atoms with Crippen molar-refractivity contribution in [3.05, 3.63) is 23.3 Å². The minimum atomic E-state index is 0.246. The van der Waals surface area contributed by atoms with E-state index in [9.17, 15) is 4.79 Å². The highest BCUT2D eigenvalue weighted by atomic mass is 16.5. The third-order valence-electron chi connectivity index (χ3n) is 6.31. The van der Waals surface area contributed by atoms with Crippen LogP contribution < -0.4 is 9.47 Å². The lowest BCUT2D eigenvalue weighted by atomic mass is 10.1. The van der Waals surface area contributed by atoms with Gasteiger partial charge >= 0.3 is 0 Å². The van der Waals surface area contributed by atoms with Crippen molar-refractivity contribution in [2.45, 2.75) is 52.2 Å². The number of hydrogen-bond acceptors (Lipinski definition) is 5. The number of fused-ring (bicyclic) bond motifs is 1. The molecule has 0 aliphatic carbocycles. The smallest absolute Gasteiger partial charge is 0.236 e. The van der Waals surface area contributed by atoms with Crippen LogP contribution in [0.2, 0.25) is 0 Å². The second kappa shape index (κ2) is 9.35. The van der Waals surface area contributed by atoms with Gasteiger partial charge in [-0.2, -0.15) is 0 Å². The number of piperazine rings is 1. The van der Waals surface area contributed by atoms with Gasteiger partial charge in [0.05, 0.1) is 13.2 Å². The van der Waals surface area contributed by atoms with Gasteiger partial charge in [-0.1, -0.05) is 0 Å². The van der Waals surface area contributed by atoms with Crippen molar-refractivity contribution in [2.24, 2.45) is 0 Å². The Hall–Kier alpha value is -1.79. The monoisotopic (exact) mass is 401 g/mol. The summed E-state index contributed by atoms with van der Waals surface area (Å²) in [7, 11) is 0. The zero-order chi connectivity index (χ0) is 20.2.